The number of aldehydes is 1. The maximum absolute atomic E-state index is 10.7. The molecule has 0 aliphatic heterocycles. The largest absolute Gasteiger partial charge is 0.302 e. The third-order valence-corrected chi connectivity index (χ3v) is 2.35. The zero-order valence-corrected chi connectivity index (χ0v) is 8.84. The number of carbonyl (C=O) groups excluding carboxylic acids is 1. The third-order valence-electron chi connectivity index (χ3n) is 1.97. The van der Waals surface area contributed by atoms with E-state index in [1.165, 1.54) is 5.56 Å². The van der Waals surface area contributed by atoms with E-state index in [-0.39, 0.29) is 6.04 Å². The van der Waals surface area contributed by atoms with Gasteiger partial charge in [0.25, 0.3) is 0 Å². The zero-order valence-electron chi connectivity index (χ0n) is 7.68. The Balaban J connectivity index is 2.62. The molecule has 2 atom stereocenters. The summed E-state index contributed by atoms with van der Waals surface area (Å²) in [7, 11) is 4.40. The molecule has 0 bridgehead atoms. The lowest BCUT2D eigenvalue weighted by molar-refractivity contribution is -0.110. The number of nitrogens with zero attached hydrogens (tertiary/aromatic N) is 1. The first-order valence-corrected chi connectivity index (χ1v) is 4.72. The predicted molar refractivity (Wildman–Crippen MR) is 57.5 cm³/mol. The molecule has 1 aromatic rings. The van der Waals surface area contributed by atoms with E-state index in [0.717, 1.165) is 12.7 Å². The summed E-state index contributed by atoms with van der Waals surface area (Å²) in [5.74, 6) is 0. The molecule has 1 aromatic carbocycles. The molecule has 0 saturated heterocycles. The van der Waals surface area contributed by atoms with Crippen LogP contribution in [0.15, 0.2) is 30.3 Å². The number of hydrogen-bond acceptors (Lipinski definition) is 2. The van der Waals surface area contributed by atoms with Gasteiger partial charge in [-0.3, -0.25) is 4.67 Å². The van der Waals surface area contributed by atoms with Crippen molar-refractivity contribution < 1.29 is 4.79 Å². The first-order valence-electron chi connectivity index (χ1n) is 4.21. The van der Waals surface area contributed by atoms with E-state index in [9.17, 15) is 4.79 Å². The van der Waals surface area contributed by atoms with Crippen molar-refractivity contribution in [2.24, 2.45) is 0 Å². The standard InChI is InChI=1S/C10H14NOP/c1-11(13)10(8-12)7-9-5-3-2-4-6-9/h2-6,8,10H,7,13H2,1H3. The highest BCUT2D eigenvalue weighted by molar-refractivity contribution is 7.13. The van der Waals surface area contributed by atoms with Gasteiger partial charge in [-0.1, -0.05) is 39.7 Å². The van der Waals surface area contributed by atoms with E-state index in [2.05, 4.69) is 9.39 Å². The minimum absolute atomic E-state index is 0.0487. The van der Waals surface area contributed by atoms with Gasteiger partial charge in [0.05, 0.1) is 6.04 Å². The summed E-state index contributed by atoms with van der Waals surface area (Å²) in [5, 5.41) is 0. The first kappa shape index (κ1) is 10.4. The van der Waals surface area contributed by atoms with Gasteiger partial charge in [-0.15, -0.1) is 0 Å². The van der Waals surface area contributed by atoms with Gasteiger partial charge < -0.3 is 4.79 Å². The molecule has 0 N–H and O–H groups in total. The number of benzene rings is 1. The molecule has 0 amide bonds. The second-order valence-corrected chi connectivity index (χ2v) is 3.87. The van der Waals surface area contributed by atoms with Crippen LogP contribution >= 0.6 is 9.39 Å². The molecule has 0 aliphatic rings. The molecule has 0 aromatic heterocycles. The summed E-state index contributed by atoms with van der Waals surface area (Å²) in [6, 6.07) is 9.96. The lowest BCUT2D eigenvalue weighted by atomic mass is 10.1. The molecule has 1 rings (SSSR count). The van der Waals surface area contributed by atoms with Crippen LogP contribution in [0.2, 0.25) is 0 Å². The van der Waals surface area contributed by atoms with Crippen LogP contribution in [0.25, 0.3) is 0 Å². The Morgan fingerprint density at radius 3 is 2.54 bits per heavy atom. The van der Waals surface area contributed by atoms with Gasteiger partial charge in [0.2, 0.25) is 0 Å². The van der Waals surface area contributed by atoms with Gasteiger partial charge in [0, 0.05) is 0 Å². The van der Waals surface area contributed by atoms with Crippen LogP contribution in [0.5, 0.6) is 0 Å². The highest BCUT2D eigenvalue weighted by atomic mass is 31.0. The van der Waals surface area contributed by atoms with Gasteiger partial charge in [-0.2, -0.15) is 0 Å². The smallest absolute Gasteiger partial charge is 0.137 e. The van der Waals surface area contributed by atoms with Crippen LogP contribution in [0, 0.1) is 0 Å². The molecule has 3 heteroatoms. The average molecular weight is 195 g/mol. The summed E-state index contributed by atoms with van der Waals surface area (Å²) < 4.78 is 1.85. The van der Waals surface area contributed by atoms with E-state index in [1.54, 1.807) is 0 Å². The fourth-order valence-electron chi connectivity index (χ4n) is 1.14. The minimum Gasteiger partial charge on any atom is -0.302 e. The zero-order chi connectivity index (χ0) is 9.68. The van der Waals surface area contributed by atoms with Crippen molar-refractivity contribution in [3.8, 4) is 0 Å². The topological polar surface area (TPSA) is 20.3 Å². The van der Waals surface area contributed by atoms with Crippen molar-refractivity contribution in [3.05, 3.63) is 35.9 Å². The van der Waals surface area contributed by atoms with Gasteiger partial charge >= 0.3 is 0 Å². The molecule has 0 heterocycles. The molecule has 0 saturated carbocycles. The van der Waals surface area contributed by atoms with Crippen molar-refractivity contribution in [3.63, 3.8) is 0 Å². The second kappa shape index (κ2) is 5.11. The predicted octanol–water partition coefficient (Wildman–Crippen LogP) is 1.52. The van der Waals surface area contributed by atoms with E-state index in [0.29, 0.717) is 0 Å². The van der Waals surface area contributed by atoms with Crippen molar-refractivity contribution >= 4 is 15.7 Å². The summed E-state index contributed by atoms with van der Waals surface area (Å²) >= 11 is 0. The second-order valence-electron chi connectivity index (χ2n) is 3.06. The molecule has 2 nitrogen and oxygen atoms in total. The Labute approximate surface area is 81.2 Å². The maximum atomic E-state index is 10.7. The molecular weight excluding hydrogens is 181 g/mol. The molecule has 0 radical (unpaired) electrons. The molecule has 0 fully saturated rings. The average Bonchev–Trinajstić information content (AvgIpc) is 2.15. The van der Waals surface area contributed by atoms with Crippen molar-refractivity contribution in [1.29, 1.82) is 0 Å². The Morgan fingerprint density at radius 1 is 1.46 bits per heavy atom. The Morgan fingerprint density at radius 2 is 2.08 bits per heavy atom. The van der Waals surface area contributed by atoms with Crippen LogP contribution in [0.1, 0.15) is 5.56 Å². The van der Waals surface area contributed by atoms with Crippen LogP contribution < -0.4 is 0 Å². The lowest BCUT2D eigenvalue weighted by Gasteiger charge is -2.17. The van der Waals surface area contributed by atoms with E-state index < -0.39 is 0 Å². The van der Waals surface area contributed by atoms with Crippen LogP contribution in [-0.4, -0.2) is 24.0 Å². The summed E-state index contributed by atoms with van der Waals surface area (Å²) in [6.45, 7) is 0. The lowest BCUT2D eigenvalue weighted by Crippen LogP contribution is -2.26. The fraction of sp³-hybridized carbons (Fsp3) is 0.300. The SMILES string of the molecule is CN(P)C(C=O)Cc1ccccc1. The number of carbonyl (C=O) groups is 1. The molecule has 70 valence electrons. The van der Waals surface area contributed by atoms with Crippen LogP contribution in [0.3, 0.4) is 0 Å². The van der Waals surface area contributed by atoms with Crippen LogP contribution in [-0.2, 0) is 11.2 Å². The number of likely N-dealkylation sites (N-methyl/N-ethyl adjacent to an activating group) is 1. The normalized spacial score (nSPS) is 12.8. The fourth-order valence-corrected chi connectivity index (χ4v) is 1.32. The van der Waals surface area contributed by atoms with E-state index in [4.69, 9.17) is 0 Å². The van der Waals surface area contributed by atoms with Gasteiger partial charge in [0.1, 0.15) is 6.29 Å². The molecule has 0 spiro atoms. The van der Waals surface area contributed by atoms with Gasteiger partial charge in [0.15, 0.2) is 0 Å². The summed E-state index contributed by atoms with van der Waals surface area (Å²) in [6.07, 6.45) is 1.74. The van der Waals surface area contributed by atoms with E-state index >= 15 is 0 Å². The summed E-state index contributed by atoms with van der Waals surface area (Å²) in [4.78, 5) is 10.7. The molecule has 13 heavy (non-hydrogen) atoms. The minimum atomic E-state index is -0.0487. The highest BCUT2D eigenvalue weighted by Gasteiger charge is 2.09. The van der Waals surface area contributed by atoms with Crippen molar-refractivity contribution in [1.82, 2.24) is 4.67 Å². The third kappa shape index (κ3) is 3.25. The van der Waals surface area contributed by atoms with Crippen molar-refractivity contribution in [2.45, 2.75) is 12.5 Å². The number of hydrogen-bond donors (Lipinski definition) is 0. The molecule has 2 unspecified atom stereocenters. The first-order chi connectivity index (χ1) is 6.24. The Hall–Kier alpha value is -0.720. The Kier molecular flexibility index (Phi) is 4.07. The highest BCUT2D eigenvalue weighted by Crippen LogP contribution is 2.08. The monoisotopic (exact) mass is 195 g/mol. The van der Waals surface area contributed by atoms with Crippen LogP contribution in [0.4, 0.5) is 0 Å². The molecule has 0 aliphatic carbocycles. The molecular formula is C10H14NOP. The van der Waals surface area contributed by atoms with Gasteiger partial charge in [-0.05, 0) is 19.0 Å². The van der Waals surface area contributed by atoms with E-state index in [1.807, 2.05) is 42.0 Å². The van der Waals surface area contributed by atoms with Gasteiger partial charge in [-0.25, -0.2) is 0 Å². The van der Waals surface area contributed by atoms with Crippen molar-refractivity contribution in [2.75, 3.05) is 7.05 Å². The number of rotatable bonds is 4. The Bertz CT molecular complexity index is 261. The summed E-state index contributed by atoms with van der Waals surface area (Å²) in [5.41, 5.74) is 1.19. The quantitative estimate of drug-likeness (QED) is 0.536. The maximum Gasteiger partial charge on any atom is 0.137 e.